The molecule has 0 aromatic heterocycles. The first-order chi connectivity index (χ1) is 15.4. The first-order valence-electron chi connectivity index (χ1n) is 10.3. The molecule has 3 rings (SSSR count). The molecular formula is C23H26ClN3O5. The highest BCUT2D eigenvalue weighted by Crippen LogP contribution is 2.37. The van der Waals surface area contributed by atoms with Crippen LogP contribution >= 0.6 is 11.6 Å². The molecule has 0 aliphatic carbocycles. The predicted octanol–water partition coefficient (Wildman–Crippen LogP) is 2.89. The fourth-order valence-corrected chi connectivity index (χ4v) is 3.89. The van der Waals surface area contributed by atoms with Crippen LogP contribution in [0.2, 0.25) is 5.02 Å². The van der Waals surface area contributed by atoms with E-state index in [1.54, 1.807) is 35.4 Å². The topological polar surface area (TPSA) is 79.4 Å². The summed E-state index contributed by atoms with van der Waals surface area (Å²) in [5.74, 6) is -1.22. The molecule has 1 aromatic rings. The van der Waals surface area contributed by atoms with Crippen molar-refractivity contribution in [2.24, 2.45) is 0 Å². The molecule has 0 N–H and O–H groups in total. The van der Waals surface area contributed by atoms with Crippen molar-refractivity contribution in [1.29, 1.82) is 0 Å². The summed E-state index contributed by atoms with van der Waals surface area (Å²) in [5, 5.41) is 0.470. The van der Waals surface area contributed by atoms with Gasteiger partial charge in [-0.15, -0.1) is 0 Å². The molecule has 2 aliphatic heterocycles. The molecule has 1 aromatic carbocycles. The van der Waals surface area contributed by atoms with Gasteiger partial charge in [-0.25, -0.2) is 9.59 Å². The van der Waals surface area contributed by atoms with Gasteiger partial charge >= 0.3 is 11.9 Å². The van der Waals surface area contributed by atoms with Crippen LogP contribution < -0.4 is 9.80 Å². The number of nitrogens with zero attached hydrogens (tertiary/aromatic N) is 3. The highest BCUT2D eigenvalue weighted by molar-refractivity contribution is 6.31. The van der Waals surface area contributed by atoms with E-state index in [1.807, 2.05) is 17.9 Å². The molecule has 1 saturated heterocycles. The minimum atomic E-state index is -0.689. The van der Waals surface area contributed by atoms with Gasteiger partial charge in [0.1, 0.15) is 5.70 Å². The number of esters is 2. The standard InChI is InChI=1S/C23H26ClN3O5/c1-4-20(28)26-13-11-25(12-14-26)18-9-8-16(24)15-19(18)27-10-6-5-7-17(22(29)31-2)21(27)23(30)32-3/h5-10,15H,4,11-14H2,1-3H3. The number of benzene rings is 1. The Bertz CT molecular complexity index is 993. The van der Waals surface area contributed by atoms with E-state index in [0.29, 0.717) is 43.3 Å². The average Bonchev–Trinajstić information content (AvgIpc) is 3.05. The maximum atomic E-state index is 12.8. The minimum Gasteiger partial charge on any atom is -0.465 e. The second-order valence-corrected chi connectivity index (χ2v) is 7.61. The lowest BCUT2D eigenvalue weighted by Crippen LogP contribution is -2.49. The molecule has 1 amide bonds. The zero-order chi connectivity index (χ0) is 23.3. The number of carbonyl (C=O) groups is 3. The Morgan fingerprint density at radius 2 is 1.66 bits per heavy atom. The summed E-state index contributed by atoms with van der Waals surface area (Å²) in [4.78, 5) is 42.8. The summed E-state index contributed by atoms with van der Waals surface area (Å²) in [6.45, 7) is 4.29. The van der Waals surface area contributed by atoms with Gasteiger partial charge in [0, 0.05) is 43.8 Å². The number of allylic oxidation sites excluding steroid dienone is 2. The fourth-order valence-electron chi connectivity index (χ4n) is 3.73. The number of hydrogen-bond acceptors (Lipinski definition) is 7. The van der Waals surface area contributed by atoms with Crippen molar-refractivity contribution < 1.29 is 23.9 Å². The average molecular weight is 460 g/mol. The van der Waals surface area contributed by atoms with E-state index in [9.17, 15) is 14.4 Å². The summed E-state index contributed by atoms with van der Waals surface area (Å²) < 4.78 is 9.87. The Kier molecular flexibility index (Phi) is 7.58. The van der Waals surface area contributed by atoms with Crippen LogP contribution in [0.5, 0.6) is 0 Å². The van der Waals surface area contributed by atoms with E-state index in [0.717, 1.165) is 5.69 Å². The number of amides is 1. The Balaban J connectivity index is 2.06. The number of carbonyl (C=O) groups excluding carboxylic acids is 3. The third-order valence-electron chi connectivity index (χ3n) is 5.36. The van der Waals surface area contributed by atoms with E-state index in [4.69, 9.17) is 21.1 Å². The molecule has 0 bridgehead atoms. The Labute approximate surface area is 192 Å². The van der Waals surface area contributed by atoms with Crippen LogP contribution in [0, 0.1) is 0 Å². The molecule has 8 nitrogen and oxygen atoms in total. The minimum absolute atomic E-state index is 0.0210. The Morgan fingerprint density at radius 3 is 2.28 bits per heavy atom. The summed E-state index contributed by atoms with van der Waals surface area (Å²) in [6.07, 6.45) is 7.01. The third-order valence-corrected chi connectivity index (χ3v) is 5.60. The summed E-state index contributed by atoms with van der Waals surface area (Å²) >= 11 is 6.33. The van der Waals surface area contributed by atoms with E-state index in [2.05, 4.69) is 4.90 Å². The van der Waals surface area contributed by atoms with Crippen LogP contribution in [-0.2, 0) is 23.9 Å². The quantitative estimate of drug-likeness (QED) is 0.626. The molecule has 0 unspecified atom stereocenters. The Morgan fingerprint density at radius 1 is 0.969 bits per heavy atom. The van der Waals surface area contributed by atoms with E-state index < -0.39 is 11.9 Å². The van der Waals surface area contributed by atoms with Crippen LogP contribution in [-0.4, -0.2) is 63.1 Å². The molecule has 2 aliphatic rings. The summed E-state index contributed by atoms with van der Waals surface area (Å²) in [5.41, 5.74) is 1.51. The number of anilines is 2. The van der Waals surface area contributed by atoms with Gasteiger partial charge < -0.3 is 24.2 Å². The van der Waals surface area contributed by atoms with Gasteiger partial charge in [0.25, 0.3) is 0 Å². The van der Waals surface area contributed by atoms with E-state index in [-0.39, 0.29) is 17.2 Å². The maximum absolute atomic E-state index is 12.8. The molecule has 2 heterocycles. The van der Waals surface area contributed by atoms with Crippen LogP contribution in [0.1, 0.15) is 13.3 Å². The fraction of sp³-hybridized carbons (Fsp3) is 0.348. The van der Waals surface area contributed by atoms with Crippen molar-refractivity contribution in [3.8, 4) is 0 Å². The van der Waals surface area contributed by atoms with E-state index in [1.165, 1.54) is 20.3 Å². The number of piperazine rings is 1. The highest BCUT2D eigenvalue weighted by Gasteiger charge is 2.30. The number of hydrogen-bond donors (Lipinski definition) is 0. The number of halogens is 1. The van der Waals surface area contributed by atoms with Crippen molar-refractivity contribution in [3.63, 3.8) is 0 Å². The van der Waals surface area contributed by atoms with Crippen molar-refractivity contribution >= 4 is 40.8 Å². The second kappa shape index (κ2) is 10.4. The predicted molar refractivity (Wildman–Crippen MR) is 122 cm³/mol. The first-order valence-corrected chi connectivity index (χ1v) is 10.7. The first kappa shape index (κ1) is 23.4. The maximum Gasteiger partial charge on any atom is 0.355 e. The zero-order valence-electron chi connectivity index (χ0n) is 18.3. The number of rotatable bonds is 5. The SMILES string of the molecule is CCC(=O)N1CCN(c2ccc(Cl)cc2N2C=CC=CC(C(=O)OC)=C2C(=O)OC)CC1. The molecule has 1 fully saturated rings. The highest BCUT2D eigenvalue weighted by atomic mass is 35.5. The van der Waals surface area contributed by atoms with Gasteiger partial charge in [-0.3, -0.25) is 4.79 Å². The second-order valence-electron chi connectivity index (χ2n) is 7.17. The third kappa shape index (κ3) is 4.80. The molecular weight excluding hydrogens is 434 g/mol. The van der Waals surface area contributed by atoms with Gasteiger partial charge in [0.2, 0.25) is 5.91 Å². The van der Waals surface area contributed by atoms with E-state index >= 15 is 0 Å². The molecule has 9 heteroatoms. The molecule has 0 radical (unpaired) electrons. The molecule has 0 saturated carbocycles. The monoisotopic (exact) mass is 459 g/mol. The van der Waals surface area contributed by atoms with Gasteiger partial charge in [0.05, 0.1) is 31.2 Å². The summed E-state index contributed by atoms with van der Waals surface area (Å²) in [7, 11) is 2.51. The molecule has 32 heavy (non-hydrogen) atoms. The van der Waals surface area contributed by atoms with Crippen molar-refractivity contribution in [3.05, 3.63) is 58.9 Å². The van der Waals surface area contributed by atoms with Crippen LogP contribution in [0.25, 0.3) is 0 Å². The smallest absolute Gasteiger partial charge is 0.355 e. The molecule has 170 valence electrons. The van der Waals surface area contributed by atoms with Crippen LogP contribution in [0.3, 0.4) is 0 Å². The lowest BCUT2D eigenvalue weighted by Gasteiger charge is -2.38. The van der Waals surface area contributed by atoms with Gasteiger partial charge in [0.15, 0.2) is 0 Å². The molecule has 0 atom stereocenters. The van der Waals surface area contributed by atoms with Gasteiger partial charge in [-0.2, -0.15) is 0 Å². The lowest BCUT2D eigenvalue weighted by molar-refractivity contribution is -0.139. The van der Waals surface area contributed by atoms with Gasteiger partial charge in [-0.1, -0.05) is 24.6 Å². The zero-order valence-corrected chi connectivity index (χ0v) is 19.1. The number of methoxy groups -OCH3 is 2. The van der Waals surface area contributed by atoms with Crippen LogP contribution in [0.15, 0.2) is 53.9 Å². The lowest BCUT2D eigenvalue weighted by atomic mass is 10.1. The summed E-state index contributed by atoms with van der Waals surface area (Å²) in [6, 6.07) is 5.37. The molecule has 0 spiro atoms. The van der Waals surface area contributed by atoms with Gasteiger partial charge in [-0.05, 0) is 30.4 Å². The largest absolute Gasteiger partial charge is 0.465 e. The van der Waals surface area contributed by atoms with Crippen molar-refractivity contribution in [2.45, 2.75) is 13.3 Å². The van der Waals surface area contributed by atoms with Crippen molar-refractivity contribution in [1.82, 2.24) is 4.90 Å². The normalized spacial score (nSPS) is 16.2. The Hall–Kier alpha value is -3.26. The number of ether oxygens (including phenoxy) is 2. The van der Waals surface area contributed by atoms with Crippen molar-refractivity contribution in [2.75, 3.05) is 50.2 Å². The van der Waals surface area contributed by atoms with Crippen LogP contribution in [0.4, 0.5) is 11.4 Å².